The maximum atomic E-state index is 16.7. The zero-order valence-corrected chi connectivity index (χ0v) is 28.3. The molecule has 1 aliphatic rings. The first kappa shape index (κ1) is 35.8. The minimum Gasteiger partial charge on any atom is -0.480 e. The zero-order chi connectivity index (χ0) is 34.3. The number of nitrogens with zero attached hydrogens (tertiary/aromatic N) is 5. The van der Waals surface area contributed by atoms with Crippen LogP contribution in [0.4, 0.5) is 23.5 Å². The normalized spacial score (nSPS) is 13.9. The maximum Gasteiger partial charge on any atom is 0.419 e. The molecule has 0 spiro atoms. The Labute approximate surface area is 287 Å². The van der Waals surface area contributed by atoms with Gasteiger partial charge in [-0.15, -0.1) is 12.4 Å². The molecule has 14 heteroatoms. The molecule has 260 valence electrons. The van der Waals surface area contributed by atoms with Gasteiger partial charge >= 0.3 is 12.1 Å². The number of anilines is 1. The second-order valence-corrected chi connectivity index (χ2v) is 12.4. The highest BCUT2D eigenvalue weighted by molar-refractivity contribution is 5.98. The topological polar surface area (TPSA) is 112 Å². The van der Waals surface area contributed by atoms with E-state index in [1.165, 1.54) is 6.07 Å². The summed E-state index contributed by atoms with van der Waals surface area (Å²) in [6.45, 7) is 8.47. The van der Waals surface area contributed by atoms with Crippen LogP contribution in [0, 0.1) is 11.7 Å². The molecule has 4 heterocycles. The van der Waals surface area contributed by atoms with Crippen molar-refractivity contribution in [2.75, 3.05) is 11.4 Å². The second kappa shape index (κ2) is 14.2. The van der Waals surface area contributed by atoms with Gasteiger partial charge in [-0.1, -0.05) is 45.9 Å². The lowest BCUT2D eigenvalue weighted by atomic mass is 9.95. The fourth-order valence-corrected chi connectivity index (χ4v) is 6.56. The number of fused-ring (bicyclic) bond motifs is 2. The summed E-state index contributed by atoms with van der Waals surface area (Å²) in [5, 5.41) is 18.4. The summed E-state index contributed by atoms with van der Waals surface area (Å²) in [5.74, 6) is -1.53. The van der Waals surface area contributed by atoms with Crippen LogP contribution in [-0.4, -0.2) is 48.4 Å². The summed E-state index contributed by atoms with van der Waals surface area (Å²) in [7, 11) is 0. The third-order valence-corrected chi connectivity index (χ3v) is 9.02. The SMILES string of the molecule is CCc1cccc(CC)c1-n1nc2c(c1-c1c(F)cc(CN[C@H](C(=O)O)C(C)C)c3[nH]ccc13)CN(c1ncc(C(F)(F)F)cn1)CC2.Cl. The summed E-state index contributed by atoms with van der Waals surface area (Å²) < 4.78 is 58.3. The molecule has 1 atom stereocenters. The van der Waals surface area contributed by atoms with Crippen LogP contribution in [0.3, 0.4) is 0 Å². The van der Waals surface area contributed by atoms with Crippen molar-refractivity contribution in [2.45, 2.75) is 72.3 Å². The number of alkyl halides is 3. The molecule has 0 amide bonds. The van der Waals surface area contributed by atoms with E-state index >= 15 is 4.39 Å². The number of carboxylic acids is 1. The first-order valence-corrected chi connectivity index (χ1v) is 16.0. The predicted octanol–water partition coefficient (Wildman–Crippen LogP) is 7.28. The number of halogens is 5. The Morgan fingerprint density at radius 2 is 1.76 bits per heavy atom. The van der Waals surface area contributed by atoms with Crippen LogP contribution in [-0.2, 0) is 43.3 Å². The second-order valence-electron chi connectivity index (χ2n) is 12.4. The quantitative estimate of drug-likeness (QED) is 0.131. The van der Waals surface area contributed by atoms with Crippen LogP contribution in [0.1, 0.15) is 61.2 Å². The molecule has 3 N–H and O–H groups in total. The number of carboxylic acid groups (broad SMARTS) is 1. The lowest BCUT2D eigenvalue weighted by Gasteiger charge is -2.27. The molecule has 49 heavy (non-hydrogen) atoms. The molecule has 1 aliphatic heterocycles. The Morgan fingerprint density at radius 3 is 2.35 bits per heavy atom. The van der Waals surface area contributed by atoms with Gasteiger partial charge in [0.2, 0.25) is 5.95 Å². The molecule has 0 bridgehead atoms. The number of aliphatic carboxylic acids is 1. The Hall–Kier alpha value is -4.49. The molecule has 6 rings (SSSR count). The smallest absolute Gasteiger partial charge is 0.419 e. The summed E-state index contributed by atoms with van der Waals surface area (Å²) >= 11 is 0. The third-order valence-electron chi connectivity index (χ3n) is 9.02. The number of hydrogen-bond donors (Lipinski definition) is 3. The highest BCUT2D eigenvalue weighted by atomic mass is 35.5. The average Bonchev–Trinajstić information content (AvgIpc) is 3.69. The molecule has 3 aromatic heterocycles. The Kier molecular flexibility index (Phi) is 10.3. The number of carbonyl (C=O) groups is 1. The molecule has 9 nitrogen and oxygen atoms in total. The first-order chi connectivity index (χ1) is 22.9. The molecule has 0 radical (unpaired) electrons. The molecule has 5 aromatic rings. The van der Waals surface area contributed by atoms with Gasteiger partial charge in [0.15, 0.2) is 0 Å². The van der Waals surface area contributed by atoms with Gasteiger partial charge in [-0.2, -0.15) is 18.3 Å². The highest BCUT2D eigenvalue weighted by Crippen LogP contribution is 2.41. The van der Waals surface area contributed by atoms with Crippen molar-refractivity contribution in [1.29, 1.82) is 0 Å². The molecular weight excluding hydrogens is 662 g/mol. The van der Waals surface area contributed by atoms with Gasteiger partial charge in [0.25, 0.3) is 0 Å². The lowest BCUT2D eigenvalue weighted by molar-refractivity contribution is -0.141. The molecule has 2 aromatic carbocycles. The minimum absolute atomic E-state index is 0. The number of H-pyrrole nitrogens is 1. The van der Waals surface area contributed by atoms with Crippen molar-refractivity contribution >= 4 is 35.2 Å². The fraction of sp³-hybridized carbons (Fsp3) is 0.371. The predicted molar refractivity (Wildman–Crippen MR) is 182 cm³/mol. The largest absolute Gasteiger partial charge is 0.480 e. The minimum atomic E-state index is -4.56. The monoisotopic (exact) mass is 699 g/mol. The van der Waals surface area contributed by atoms with Crippen LogP contribution >= 0.6 is 12.4 Å². The van der Waals surface area contributed by atoms with E-state index in [-0.39, 0.29) is 37.4 Å². The van der Waals surface area contributed by atoms with Gasteiger partial charge in [0.05, 0.1) is 28.2 Å². The summed E-state index contributed by atoms with van der Waals surface area (Å²) in [6.07, 6.45) is 0.588. The molecular formula is C35H38ClF4N7O2. The van der Waals surface area contributed by atoms with Crippen LogP contribution in [0.2, 0.25) is 0 Å². The van der Waals surface area contributed by atoms with Gasteiger partial charge in [-0.3, -0.25) is 4.79 Å². The highest BCUT2D eigenvalue weighted by Gasteiger charge is 2.34. The van der Waals surface area contributed by atoms with Crippen LogP contribution in [0.15, 0.2) is 48.9 Å². The molecule has 0 aliphatic carbocycles. The molecule has 0 saturated carbocycles. The maximum absolute atomic E-state index is 16.7. The van der Waals surface area contributed by atoms with E-state index in [0.29, 0.717) is 53.5 Å². The van der Waals surface area contributed by atoms with E-state index in [1.54, 1.807) is 17.2 Å². The van der Waals surface area contributed by atoms with Crippen LogP contribution in [0.25, 0.3) is 27.8 Å². The van der Waals surface area contributed by atoms with E-state index in [9.17, 15) is 23.1 Å². The Bertz CT molecular complexity index is 1950. The van der Waals surface area contributed by atoms with Gasteiger partial charge in [-0.05, 0) is 47.6 Å². The van der Waals surface area contributed by atoms with Crippen molar-refractivity contribution in [3.8, 4) is 16.9 Å². The third kappa shape index (κ3) is 6.73. The van der Waals surface area contributed by atoms with Gasteiger partial charge in [-0.25, -0.2) is 19.0 Å². The van der Waals surface area contributed by atoms with Crippen molar-refractivity contribution in [1.82, 2.24) is 30.0 Å². The van der Waals surface area contributed by atoms with Crippen molar-refractivity contribution in [3.63, 3.8) is 0 Å². The molecule has 0 saturated heterocycles. The number of benzene rings is 2. The number of aromatic nitrogens is 5. The average molecular weight is 700 g/mol. The van der Waals surface area contributed by atoms with Gasteiger partial charge in [0, 0.05) is 61.2 Å². The summed E-state index contributed by atoms with van der Waals surface area (Å²) in [6, 6.07) is 8.47. The van der Waals surface area contributed by atoms with E-state index in [4.69, 9.17) is 5.10 Å². The van der Waals surface area contributed by atoms with Crippen molar-refractivity contribution in [3.05, 3.63) is 88.3 Å². The first-order valence-electron chi connectivity index (χ1n) is 16.0. The van der Waals surface area contributed by atoms with E-state index in [1.807, 2.05) is 36.7 Å². The number of hydrogen-bond acceptors (Lipinski definition) is 6. The van der Waals surface area contributed by atoms with Crippen molar-refractivity contribution < 1.29 is 27.5 Å². The number of aromatic amines is 1. The lowest BCUT2D eigenvalue weighted by Crippen LogP contribution is -2.40. The Morgan fingerprint density at radius 1 is 1.08 bits per heavy atom. The van der Waals surface area contributed by atoms with Gasteiger partial charge in [0.1, 0.15) is 11.9 Å². The van der Waals surface area contributed by atoms with E-state index in [0.717, 1.165) is 40.5 Å². The summed E-state index contributed by atoms with van der Waals surface area (Å²) in [4.78, 5) is 24.9. The van der Waals surface area contributed by atoms with E-state index < -0.39 is 29.6 Å². The molecule has 0 fully saturated rings. The van der Waals surface area contributed by atoms with E-state index in [2.05, 4.69) is 34.1 Å². The standard InChI is InChI=1S/C35H37F4N7O2.ClH/c1-5-20-8-7-9-21(6-2)31(20)46-32(25-18-45(13-11-27(25)44-46)34-42-16-23(17-43-34)35(37,38)39)28-24-10-12-40-30(24)22(14-26(28)36)15-41-29(19(3)4)33(47)48;/h7-10,12,14,16-17,19,29,40-41H,5-6,11,13,15,18H2,1-4H3,(H,47,48);1H/t29-;/m0./s1. The zero-order valence-electron chi connectivity index (χ0n) is 27.5. The summed E-state index contributed by atoms with van der Waals surface area (Å²) in [5.41, 5.74) is 5.62. The molecule has 0 unspecified atom stereocenters. The number of rotatable bonds is 10. The number of aryl methyl sites for hydroxylation is 2. The van der Waals surface area contributed by atoms with Gasteiger partial charge < -0.3 is 20.3 Å². The Balaban J connectivity index is 0.00000468. The van der Waals surface area contributed by atoms with Crippen LogP contribution < -0.4 is 10.2 Å². The number of para-hydroxylation sites is 1. The number of nitrogens with one attached hydrogen (secondary N) is 2. The fourth-order valence-electron chi connectivity index (χ4n) is 6.56. The van der Waals surface area contributed by atoms with Crippen molar-refractivity contribution in [2.24, 2.45) is 5.92 Å². The van der Waals surface area contributed by atoms with Crippen LogP contribution in [0.5, 0.6) is 0 Å².